The average Bonchev–Trinajstić information content (AvgIpc) is 3.23. The molecule has 2 aromatic carbocycles. The van der Waals surface area contributed by atoms with E-state index in [0.717, 1.165) is 30.3 Å². The summed E-state index contributed by atoms with van der Waals surface area (Å²) in [5, 5.41) is 14.1. The first-order valence-corrected chi connectivity index (χ1v) is 9.53. The highest BCUT2D eigenvalue weighted by Crippen LogP contribution is 2.44. The van der Waals surface area contributed by atoms with E-state index in [1.807, 2.05) is 0 Å². The van der Waals surface area contributed by atoms with Gasteiger partial charge in [0, 0.05) is 11.1 Å². The zero-order valence-electron chi connectivity index (χ0n) is 16.5. The van der Waals surface area contributed by atoms with Crippen molar-refractivity contribution < 1.29 is 41.1 Å². The number of rotatable bonds is 4. The van der Waals surface area contributed by atoms with Gasteiger partial charge in [0.15, 0.2) is 5.78 Å². The molecule has 0 radical (unpaired) electrons. The first-order chi connectivity index (χ1) is 15.5. The predicted octanol–water partition coefficient (Wildman–Crippen LogP) is 4.33. The number of amides is 2. The Bertz CT molecular complexity index is 1210. The van der Waals surface area contributed by atoms with Gasteiger partial charge in [0.2, 0.25) is 5.72 Å². The van der Waals surface area contributed by atoms with Gasteiger partial charge >= 0.3 is 12.2 Å². The number of ketones is 1. The van der Waals surface area contributed by atoms with Gasteiger partial charge in [0.05, 0.1) is 0 Å². The van der Waals surface area contributed by atoms with Crippen molar-refractivity contribution in [2.75, 3.05) is 0 Å². The van der Waals surface area contributed by atoms with Crippen LogP contribution in [0.25, 0.3) is 11.3 Å². The maximum absolute atomic E-state index is 13.9. The number of hydrogen-bond donors (Lipinski definition) is 3. The fourth-order valence-corrected chi connectivity index (χ4v) is 3.69. The second-order valence-corrected chi connectivity index (χ2v) is 7.40. The Morgan fingerprint density at radius 3 is 2.33 bits per heavy atom. The molecule has 4 rings (SSSR count). The number of urea groups is 1. The third-order valence-electron chi connectivity index (χ3n) is 5.26. The van der Waals surface area contributed by atoms with E-state index < -0.39 is 47.3 Å². The molecule has 3 atom stereocenters. The smallest absolute Gasteiger partial charge is 0.437 e. The van der Waals surface area contributed by atoms with Gasteiger partial charge in [-0.1, -0.05) is 12.1 Å². The van der Waals surface area contributed by atoms with E-state index >= 15 is 0 Å². The minimum atomic E-state index is -5.46. The molecule has 0 spiro atoms. The van der Waals surface area contributed by atoms with E-state index in [4.69, 9.17) is 4.42 Å². The van der Waals surface area contributed by atoms with Crippen molar-refractivity contribution in [3.8, 4) is 11.3 Å². The number of alkyl halides is 3. The van der Waals surface area contributed by atoms with Crippen LogP contribution in [-0.2, 0) is 0 Å². The largest absolute Gasteiger partial charge is 0.459 e. The highest BCUT2D eigenvalue weighted by atomic mass is 19.4. The summed E-state index contributed by atoms with van der Waals surface area (Å²) in [5.74, 6) is -5.11. The van der Waals surface area contributed by atoms with Crippen LogP contribution in [0.4, 0.5) is 26.7 Å². The monoisotopic (exact) mass is 466 g/mol. The summed E-state index contributed by atoms with van der Waals surface area (Å²) in [6.07, 6.45) is -5.46. The van der Waals surface area contributed by atoms with Gasteiger partial charge < -0.3 is 20.2 Å². The second kappa shape index (κ2) is 8.00. The molecule has 3 N–H and O–H groups in total. The number of halogens is 5. The van der Waals surface area contributed by atoms with Gasteiger partial charge in [0.25, 0.3) is 0 Å². The maximum Gasteiger partial charge on any atom is 0.437 e. The molecule has 1 fully saturated rings. The molecular weight excluding hydrogens is 451 g/mol. The molecule has 172 valence electrons. The van der Waals surface area contributed by atoms with E-state index in [-0.39, 0.29) is 22.6 Å². The molecule has 1 aliphatic heterocycles. The van der Waals surface area contributed by atoms with Crippen LogP contribution in [0.15, 0.2) is 65.1 Å². The van der Waals surface area contributed by atoms with Crippen molar-refractivity contribution in [1.82, 2.24) is 10.6 Å². The van der Waals surface area contributed by atoms with Crippen LogP contribution in [0.5, 0.6) is 0 Å². The van der Waals surface area contributed by atoms with Crippen LogP contribution in [0.3, 0.4) is 0 Å². The van der Waals surface area contributed by atoms with Crippen LogP contribution in [0.1, 0.15) is 22.2 Å². The molecule has 0 bridgehead atoms. The first kappa shape index (κ1) is 22.5. The van der Waals surface area contributed by atoms with E-state index in [0.29, 0.717) is 0 Å². The zero-order valence-corrected chi connectivity index (χ0v) is 16.5. The normalized spacial score (nSPS) is 23.0. The summed E-state index contributed by atoms with van der Waals surface area (Å²) in [7, 11) is 0. The third kappa shape index (κ3) is 4.07. The second-order valence-electron chi connectivity index (χ2n) is 7.40. The topological polar surface area (TPSA) is 91.6 Å². The standard InChI is InChI=1S/C22H15F5N2O4/c23-13-6-4-11(5-7-13)19(30)17-18(28-20(31)29-21(17,32)22(25,26)27)16-9-8-15(33-16)12-2-1-3-14(24)10-12/h1-10,17-18,32H,(H2,28,29,31)/t17-,18-,21-/m0/s1. The number of carbonyl (C=O) groups excluding carboxylic acids is 2. The average molecular weight is 466 g/mol. The Hall–Kier alpha value is -3.73. The van der Waals surface area contributed by atoms with Crippen molar-refractivity contribution in [2.45, 2.75) is 17.9 Å². The molecule has 1 aromatic heterocycles. The summed E-state index contributed by atoms with van der Waals surface area (Å²) in [6, 6.07) is 8.22. The van der Waals surface area contributed by atoms with Crippen LogP contribution < -0.4 is 10.6 Å². The summed E-state index contributed by atoms with van der Waals surface area (Å²) < 4.78 is 74.1. The molecule has 2 heterocycles. The number of Topliss-reactive ketones (excluding diaryl/α,β-unsaturated/α-hetero) is 1. The molecule has 2 amide bonds. The fraction of sp³-hybridized carbons (Fsp3) is 0.182. The van der Waals surface area contributed by atoms with Crippen molar-refractivity contribution in [3.05, 3.63) is 83.6 Å². The van der Waals surface area contributed by atoms with Crippen molar-refractivity contribution in [3.63, 3.8) is 0 Å². The van der Waals surface area contributed by atoms with Gasteiger partial charge in [-0.05, 0) is 48.5 Å². The minimum absolute atomic E-state index is 0.0563. The Labute approximate surface area is 183 Å². The maximum atomic E-state index is 13.9. The Balaban J connectivity index is 1.81. The first-order valence-electron chi connectivity index (χ1n) is 9.53. The zero-order chi connectivity index (χ0) is 24.0. The Morgan fingerprint density at radius 2 is 1.70 bits per heavy atom. The van der Waals surface area contributed by atoms with Crippen molar-refractivity contribution in [1.29, 1.82) is 0 Å². The molecule has 0 saturated carbocycles. The number of aliphatic hydroxyl groups is 1. The number of benzene rings is 2. The lowest BCUT2D eigenvalue weighted by Gasteiger charge is -2.44. The SMILES string of the molecule is O=C1N[C@@H](c2ccc(-c3cccc(F)c3)o2)[C@@H](C(=O)c2ccc(F)cc2)[C@](O)(C(F)(F)F)N1. The van der Waals surface area contributed by atoms with Crippen LogP contribution in [0.2, 0.25) is 0 Å². The van der Waals surface area contributed by atoms with Gasteiger partial charge in [-0.25, -0.2) is 13.6 Å². The van der Waals surface area contributed by atoms with Crippen LogP contribution >= 0.6 is 0 Å². The number of carbonyl (C=O) groups is 2. The number of nitrogens with one attached hydrogen (secondary N) is 2. The lowest BCUT2D eigenvalue weighted by Crippen LogP contribution is -2.72. The van der Waals surface area contributed by atoms with Gasteiger partial charge in [0.1, 0.15) is 35.1 Å². The summed E-state index contributed by atoms with van der Waals surface area (Å²) in [5.41, 5.74) is -4.03. The lowest BCUT2D eigenvalue weighted by atomic mass is 9.79. The van der Waals surface area contributed by atoms with Crippen molar-refractivity contribution >= 4 is 11.8 Å². The molecule has 33 heavy (non-hydrogen) atoms. The molecule has 1 saturated heterocycles. The summed E-state index contributed by atoms with van der Waals surface area (Å²) in [4.78, 5) is 25.2. The number of hydrogen-bond acceptors (Lipinski definition) is 4. The molecule has 3 aromatic rings. The van der Waals surface area contributed by atoms with E-state index in [1.54, 1.807) is 0 Å². The Morgan fingerprint density at radius 1 is 1.00 bits per heavy atom. The Kier molecular flexibility index (Phi) is 5.44. The molecular formula is C22H15F5N2O4. The quantitative estimate of drug-likeness (QED) is 0.394. The molecule has 11 heteroatoms. The molecule has 0 unspecified atom stereocenters. The predicted molar refractivity (Wildman–Crippen MR) is 104 cm³/mol. The lowest BCUT2D eigenvalue weighted by molar-refractivity contribution is -0.288. The van der Waals surface area contributed by atoms with E-state index in [9.17, 15) is 36.6 Å². The molecule has 6 nitrogen and oxygen atoms in total. The summed E-state index contributed by atoms with van der Waals surface area (Å²) in [6.45, 7) is 0. The summed E-state index contributed by atoms with van der Waals surface area (Å²) >= 11 is 0. The van der Waals surface area contributed by atoms with Crippen LogP contribution in [-0.4, -0.2) is 28.8 Å². The van der Waals surface area contributed by atoms with Gasteiger partial charge in [-0.2, -0.15) is 13.2 Å². The van der Waals surface area contributed by atoms with Crippen LogP contribution in [0, 0.1) is 17.6 Å². The highest BCUT2D eigenvalue weighted by molar-refractivity contribution is 6.00. The van der Waals surface area contributed by atoms with E-state index in [1.165, 1.54) is 35.6 Å². The number of furan rings is 1. The van der Waals surface area contributed by atoms with Gasteiger partial charge in [-0.15, -0.1) is 0 Å². The van der Waals surface area contributed by atoms with E-state index in [2.05, 4.69) is 5.32 Å². The molecule has 1 aliphatic rings. The third-order valence-corrected chi connectivity index (χ3v) is 5.26. The molecule has 0 aliphatic carbocycles. The minimum Gasteiger partial charge on any atom is -0.459 e. The fourth-order valence-electron chi connectivity index (χ4n) is 3.69. The van der Waals surface area contributed by atoms with Crippen molar-refractivity contribution in [2.24, 2.45) is 5.92 Å². The van der Waals surface area contributed by atoms with Gasteiger partial charge in [-0.3, -0.25) is 4.79 Å². The highest BCUT2D eigenvalue weighted by Gasteiger charge is 2.66.